The average molecular weight is 587 g/mol. The van der Waals surface area contributed by atoms with Crippen LogP contribution >= 0.6 is 0 Å². The van der Waals surface area contributed by atoms with E-state index in [2.05, 4.69) is 84.4 Å². The molecule has 1 atom stereocenters. The van der Waals surface area contributed by atoms with Gasteiger partial charge in [-0.1, -0.05) is 59.7 Å². The Hall–Kier alpha value is -3.55. The second kappa shape index (κ2) is 13.4. The third-order valence-electron chi connectivity index (χ3n) is 7.56. The molecule has 0 radical (unpaired) electrons. The number of anilines is 1. The average Bonchev–Trinajstić information content (AvgIpc) is 3.38. The van der Waals surface area contributed by atoms with Gasteiger partial charge in [-0.2, -0.15) is 0 Å². The first kappa shape index (κ1) is 32.4. The number of imidazole rings is 1. The van der Waals surface area contributed by atoms with Crippen LogP contribution in [-0.4, -0.2) is 41.2 Å². The Bertz CT molecular complexity index is 1460. The van der Waals surface area contributed by atoms with Gasteiger partial charge < -0.3 is 29.2 Å². The molecule has 2 aromatic heterocycles. The highest BCUT2D eigenvalue weighted by molar-refractivity contribution is 5.48. The topological polar surface area (TPSA) is 69.0 Å². The maximum absolute atomic E-state index is 6.53. The predicted molar refractivity (Wildman–Crippen MR) is 177 cm³/mol. The first-order valence-electron chi connectivity index (χ1n) is 15.3. The zero-order valence-corrected chi connectivity index (χ0v) is 27.5. The molecular weight excluding hydrogens is 536 g/mol. The number of fused-ring (bicyclic) bond motifs is 1. The number of hydrogen-bond acceptors (Lipinski definition) is 6. The van der Waals surface area contributed by atoms with Crippen LogP contribution in [0.4, 0.5) is 5.69 Å². The van der Waals surface area contributed by atoms with Crippen molar-refractivity contribution in [1.82, 2.24) is 14.7 Å². The van der Waals surface area contributed by atoms with Crippen LogP contribution in [0, 0.1) is 5.41 Å². The van der Waals surface area contributed by atoms with Gasteiger partial charge in [-0.25, -0.2) is 4.98 Å². The second-order valence-corrected chi connectivity index (χ2v) is 14.1. The summed E-state index contributed by atoms with van der Waals surface area (Å²) in [6.45, 7) is 19.6. The van der Waals surface area contributed by atoms with Crippen LogP contribution in [0.3, 0.4) is 0 Å². The van der Waals surface area contributed by atoms with Gasteiger partial charge in [0.1, 0.15) is 29.5 Å². The van der Waals surface area contributed by atoms with E-state index < -0.39 is 0 Å². The van der Waals surface area contributed by atoms with Crippen LogP contribution in [0.25, 0.3) is 5.65 Å². The minimum absolute atomic E-state index is 0.0104. The van der Waals surface area contributed by atoms with Gasteiger partial charge in [-0.05, 0) is 67.6 Å². The van der Waals surface area contributed by atoms with Gasteiger partial charge in [0, 0.05) is 42.5 Å². The van der Waals surface area contributed by atoms with Crippen molar-refractivity contribution in [3.8, 4) is 17.2 Å². The summed E-state index contributed by atoms with van der Waals surface area (Å²) in [5, 5.41) is 6.82. The minimum Gasteiger partial charge on any atom is -0.491 e. The van der Waals surface area contributed by atoms with E-state index >= 15 is 0 Å². The molecule has 4 aromatic rings. The fourth-order valence-corrected chi connectivity index (χ4v) is 4.83. The van der Waals surface area contributed by atoms with Gasteiger partial charge in [0.25, 0.3) is 0 Å². The molecular formula is C36H50N4O3. The molecule has 0 saturated heterocycles. The largest absolute Gasteiger partial charge is 0.491 e. The summed E-state index contributed by atoms with van der Waals surface area (Å²) < 4.78 is 20.7. The van der Waals surface area contributed by atoms with Crippen LogP contribution in [0.1, 0.15) is 73.1 Å². The first-order valence-corrected chi connectivity index (χ1v) is 15.3. The van der Waals surface area contributed by atoms with Crippen molar-refractivity contribution in [3.05, 3.63) is 84.3 Å². The highest BCUT2D eigenvalue weighted by Crippen LogP contribution is 2.31. The predicted octanol–water partition coefficient (Wildman–Crippen LogP) is 8.23. The molecule has 0 aliphatic rings. The van der Waals surface area contributed by atoms with Gasteiger partial charge >= 0.3 is 0 Å². The van der Waals surface area contributed by atoms with Crippen molar-refractivity contribution >= 4 is 11.3 Å². The van der Waals surface area contributed by atoms with Crippen molar-refractivity contribution < 1.29 is 14.2 Å². The normalized spacial score (nSPS) is 13.2. The lowest BCUT2D eigenvalue weighted by molar-refractivity contribution is -0.0457. The summed E-state index contributed by atoms with van der Waals surface area (Å²) in [5.41, 5.74) is 4.01. The van der Waals surface area contributed by atoms with Gasteiger partial charge in [-0.3, -0.25) is 0 Å². The van der Waals surface area contributed by atoms with E-state index in [4.69, 9.17) is 19.2 Å². The van der Waals surface area contributed by atoms with E-state index in [9.17, 15) is 0 Å². The van der Waals surface area contributed by atoms with Crippen molar-refractivity contribution in [2.24, 2.45) is 5.41 Å². The SMILES string of the molecule is CNc1cccc(Oc2ccc(COC(CC(C)(C)NCCOc3ccc4nc(C(C)(C)C)cn4c3)C(C)(C)C)cc2)c1. The Morgan fingerprint density at radius 1 is 0.837 bits per heavy atom. The third-order valence-corrected chi connectivity index (χ3v) is 7.56. The Balaban J connectivity index is 1.26. The number of benzene rings is 2. The molecule has 0 amide bonds. The van der Waals surface area contributed by atoms with Gasteiger partial charge in [0.15, 0.2) is 0 Å². The fourth-order valence-electron chi connectivity index (χ4n) is 4.83. The zero-order chi connectivity index (χ0) is 31.3. The zero-order valence-electron chi connectivity index (χ0n) is 27.5. The summed E-state index contributed by atoms with van der Waals surface area (Å²) in [6.07, 6.45) is 5.03. The van der Waals surface area contributed by atoms with Crippen LogP contribution in [0.5, 0.6) is 17.2 Å². The van der Waals surface area contributed by atoms with Crippen molar-refractivity contribution in [3.63, 3.8) is 0 Å². The molecule has 43 heavy (non-hydrogen) atoms. The minimum atomic E-state index is -0.128. The molecule has 1 unspecified atom stereocenters. The van der Waals surface area contributed by atoms with Crippen LogP contribution in [0.15, 0.2) is 73.1 Å². The smallest absolute Gasteiger partial charge is 0.137 e. The molecule has 4 rings (SSSR count). The molecule has 2 heterocycles. The molecule has 0 spiro atoms. The molecule has 0 saturated carbocycles. The van der Waals surface area contributed by atoms with E-state index in [0.29, 0.717) is 13.2 Å². The lowest BCUT2D eigenvalue weighted by Crippen LogP contribution is -2.47. The van der Waals surface area contributed by atoms with Crippen molar-refractivity contribution in [2.45, 2.75) is 85.5 Å². The summed E-state index contributed by atoms with van der Waals surface area (Å²) in [4.78, 5) is 4.74. The maximum Gasteiger partial charge on any atom is 0.137 e. The van der Waals surface area contributed by atoms with Crippen LogP contribution < -0.4 is 20.1 Å². The number of ether oxygens (including phenoxy) is 3. The van der Waals surface area contributed by atoms with Crippen molar-refractivity contribution in [2.75, 3.05) is 25.5 Å². The highest BCUT2D eigenvalue weighted by atomic mass is 16.5. The van der Waals surface area contributed by atoms with E-state index in [-0.39, 0.29) is 22.5 Å². The third kappa shape index (κ3) is 9.47. The number of pyridine rings is 1. The fraction of sp³-hybridized carbons (Fsp3) is 0.472. The van der Waals surface area contributed by atoms with Gasteiger partial charge in [0.05, 0.1) is 24.6 Å². The number of aromatic nitrogens is 2. The maximum atomic E-state index is 6.53. The Kier molecular flexibility index (Phi) is 10.1. The standard InChI is InChI=1S/C36H50N4O3/c1-34(2,3)31-24-40-23-30(17-18-33(40)39-31)41-20-19-38-36(7,8)22-32(35(4,5)6)42-25-26-13-15-28(16-14-26)43-29-12-10-11-27(21-29)37-9/h10-18,21,23-24,32,37-38H,19-20,22,25H2,1-9H3. The quantitative estimate of drug-likeness (QED) is 0.154. The number of rotatable bonds is 13. The van der Waals surface area contributed by atoms with E-state index in [1.807, 2.05) is 66.2 Å². The van der Waals surface area contributed by atoms with Crippen LogP contribution in [-0.2, 0) is 16.8 Å². The lowest BCUT2D eigenvalue weighted by Gasteiger charge is -2.37. The van der Waals surface area contributed by atoms with E-state index in [0.717, 1.165) is 52.8 Å². The van der Waals surface area contributed by atoms with Crippen molar-refractivity contribution in [1.29, 1.82) is 0 Å². The van der Waals surface area contributed by atoms with Gasteiger partial charge in [0.2, 0.25) is 0 Å². The number of hydrogen-bond donors (Lipinski definition) is 2. The molecule has 2 aromatic carbocycles. The molecule has 7 heteroatoms. The molecule has 2 N–H and O–H groups in total. The summed E-state index contributed by atoms with van der Waals surface area (Å²) in [6, 6.07) is 20.1. The molecule has 0 aliphatic heterocycles. The monoisotopic (exact) mass is 586 g/mol. The highest BCUT2D eigenvalue weighted by Gasteiger charge is 2.32. The van der Waals surface area contributed by atoms with Gasteiger partial charge in [-0.15, -0.1) is 0 Å². The number of nitrogens with one attached hydrogen (secondary N) is 2. The Morgan fingerprint density at radius 3 is 2.23 bits per heavy atom. The van der Waals surface area contributed by atoms with E-state index in [1.54, 1.807) is 0 Å². The Morgan fingerprint density at radius 2 is 1.56 bits per heavy atom. The summed E-state index contributed by atoms with van der Waals surface area (Å²) in [5.74, 6) is 2.44. The van der Waals surface area contributed by atoms with Crippen LogP contribution in [0.2, 0.25) is 0 Å². The molecule has 0 fully saturated rings. The Labute approximate surface area is 258 Å². The summed E-state index contributed by atoms with van der Waals surface area (Å²) in [7, 11) is 1.90. The first-order chi connectivity index (χ1) is 20.2. The second-order valence-electron chi connectivity index (χ2n) is 14.1. The molecule has 0 bridgehead atoms. The summed E-state index contributed by atoms with van der Waals surface area (Å²) >= 11 is 0. The van der Waals surface area contributed by atoms with E-state index in [1.165, 1.54) is 0 Å². The number of nitrogens with zero attached hydrogens (tertiary/aromatic N) is 2. The molecule has 7 nitrogen and oxygen atoms in total. The molecule has 232 valence electrons. The lowest BCUT2D eigenvalue weighted by atomic mass is 9.81. The molecule has 0 aliphatic carbocycles.